The number of hydrogen-bond acceptors (Lipinski definition) is 5. The lowest BCUT2D eigenvalue weighted by molar-refractivity contribution is -0.140. The number of benzene rings is 2. The number of fused-ring (bicyclic) bond motifs is 1. The van der Waals surface area contributed by atoms with Gasteiger partial charge in [0.1, 0.15) is 23.2 Å². The number of nitrogens with zero attached hydrogens (tertiary/aromatic N) is 4. The fourth-order valence-electron chi connectivity index (χ4n) is 5.87. The van der Waals surface area contributed by atoms with E-state index in [-0.39, 0.29) is 11.9 Å². The summed E-state index contributed by atoms with van der Waals surface area (Å²) >= 11 is 0. The van der Waals surface area contributed by atoms with Crippen LogP contribution in [0.25, 0.3) is 22.6 Å². The van der Waals surface area contributed by atoms with Gasteiger partial charge in [-0.3, -0.25) is 4.98 Å². The molecule has 0 atom stereocenters. The molecule has 4 aromatic rings. The van der Waals surface area contributed by atoms with E-state index < -0.39 is 11.9 Å². The molecule has 6 nitrogen and oxygen atoms in total. The number of methoxy groups -OCH3 is 1. The summed E-state index contributed by atoms with van der Waals surface area (Å²) in [4.78, 5) is 8.95. The monoisotopic (exact) mass is 571 g/mol. The van der Waals surface area contributed by atoms with Crippen molar-refractivity contribution in [3.05, 3.63) is 82.3 Å². The van der Waals surface area contributed by atoms with Crippen molar-refractivity contribution in [2.75, 3.05) is 12.4 Å². The first kappa shape index (κ1) is 27.8. The van der Waals surface area contributed by atoms with Gasteiger partial charge in [-0.15, -0.1) is 0 Å². The number of hydrogen-bond donors (Lipinski definition) is 1. The van der Waals surface area contributed by atoms with Crippen LogP contribution in [0.4, 0.5) is 18.9 Å². The SMILES string of the molecule is COc1cccc(C2CC2)c1-c1nc2c(c(NCc3ccc(-c4nc(C(F)(F)F)cn4C(C)C)cc3)c1C#N)CCC2. The van der Waals surface area contributed by atoms with E-state index in [0.29, 0.717) is 29.3 Å². The van der Waals surface area contributed by atoms with Crippen LogP contribution in [0.1, 0.15) is 78.7 Å². The molecule has 1 N–H and O–H groups in total. The third-order valence-electron chi connectivity index (χ3n) is 8.13. The van der Waals surface area contributed by atoms with Crippen LogP contribution in [0, 0.1) is 11.3 Å². The van der Waals surface area contributed by atoms with E-state index in [9.17, 15) is 18.4 Å². The van der Waals surface area contributed by atoms with E-state index in [4.69, 9.17) is 9.72 Å². The highest BCUT2D eigenvalue weighted by Gasteiger charge is 2.35. The molecule has 6 rings (SSSR count). The van der Waals surface area contributed by atoms with Gasteiger partial charge in [0.05, 0.1) is 18.5 Å². The van der Waals surface area contributed by atoms with E-state index in [0.717, 1.165) is 72.1 Å². The Labute approximate surface area is 243 Å². The Balaban J connectivity index is 1.33. The summed E-state index contributed by atoms with van der Waals surface area (Å²) < 4.78 is 47.4. The largest absolute Gasteiger partial charge is 0.496 e. The maximum atomic E-state index is 13.4. The van der Waals surface area contributed by atoms with Crippen LogP contribution in [0.2, 0.25) is 0 Å². The molecule has 0 amide bonds. The number of nitrogens with one attached hydrogen (secondary N) is 1. The number of aryl methyl sites for hydroxylation is 1. The molecule has 2 heterocycles. The smallest absolute Gasteiger partial charge is 0.434 e. The highest BCUT2D eigenvalue weighted by Crippen LogP contribution is 2.49. The Morgan fingerprint density at radius 2 is 1.86 bits per heavy atom. The van der Waals surface area contributed by atoms with E-state index >= 15 is 0 Å². The minimum absolute atomic E-state index is 0.180. The zero-order valence-corrected chi connectivity index (χ0v) is 23.8. The lowest BCUT2D eigenvalue weighted by Gasteiger charge is -2.19. The summed E-state index contributed by atoms with van der Waals surface area (Å²) in [6.07, 6.45) is 1.46. The molecule has 9 heteroatoms. The molecule has 0 radical (unpaired) electrons. The predicted molar refractivity (Wildman–Crippen MR) is 155 cm³/mol. The summed E-state index contributed by atoms with van der Waals surface area (Å²) in [7, 11) is 1.65. The van der Waals surface area contributed by atoms with Crippen LogP contribution < -0.4 is 10.1 Å². The molecular weight excluding hydrogens is 539 g/mol. The Bertz CT molecular complexity index is 1680. The van der Waals surface area contributed by atoms with E-state index in [1.807, 2.05) is 38.1 Å². The van der Waals surface area contributed by atoms with Crippen molar-refractivity contribution in [3.8, 4) is 34.5 Å². The molecule has 2 aliphatic carbocycles. The van der Waals surface area contributed by atoms with Gasteiger partial charge in [-0.1, -0.05) is 36.4 Å². The molecule has 0 spiro atoms. The number of pyridine rings is 1. The van der Waals surface area contributed by atoms with Crippen LogP contribution in [0.15, 0.2) is 48.7 Å². The average molecular weight is 572 g/mol. The topological polar surface area (TPSA) is 75.8 Å². The number of rotatable bonds is 8. The summed E-state index contributed by atoms with van der Waals surface area (Å²) in [6.45, 7) is 4.10. The zero-order chi connectivity index (χ0) is 29.6. The van der Waals surface area contributed by atoms with Gasteiger partial charge < -0.3 is 14.6 Å². The normalized spacial score (nSPS) is 14.6. The maximum Gasteiger partial charge on any atom is 0.434 e. The Morgan fingerprint density at radius 3 is 2.50 bits per heavy atom. The third kappa shape index (κ3) is 5.11. The number of alkyl halides is 3. The maximum absolute atomic E-state index is 13.4. The van der Waals surface area contributed by atoms with Gasteiger partial charge in [0.2, 0.25) is 0 Å². The van der Waals surface area contributed by atoms with Crippen LogP contribution >= 0.6 is 0 Å². The fourth-order valence-corrected chi connectivity index (χ4v) is 5.87. The molecule has 0 aliphatic heterocycles. The van der Waals surface area contributed by atoms with Gasteiger partial charge in [-0.2, -0.15) is 18.4 Å². The molecule has 0 bridgehead atoms. The molecule has 2 aromatic carbocycles. The molecule has 216 valence electrons. The number of aromatic nitrogens is 3. The Morgan fingerprint density at radius 1 is 1.10 bits per heavy atom. The van der Waals surface area contributed by atoms with E-state index in [2.05, 4.69) is 22.4 Å². The Kier molecular flexibility index (Phi) is 7.17. The first-order valence-corrected chi connectivity index (χ1v) is 14.3. The zero-order valence-electron chi connectivity index (χ0n) is 23.8. The minimum atomic E-state index is -4.51. The number of ether oxygens (including phenoxy) is 1. The summed E-state index contributed by atoms with van der Waals surface area (Å²) in [6, 6.07) is 15.7. The van der Waals surface area contributed by atoms with Gasteiger partial charge in [0.25, 0.3) is 0 Å². The third-order valence-corrected chi connectivity index (χ3v) is 8.13. The van der Waals surface area contributed by atoms with E-state index in [1.165, 1.54) is 5.56 Å². The second kappa shape index (κ2) is 10.8. The van der Waals surface area contributed by atoms with E-state index in [1.54, 1.807) is 23.8 Å². The van der Waals surface area contributed by atoms with Gasteiger partial charge in [0, 0.05) is 35.6 Å². The molecule has 0 saturated heterocycles. The van der Waals surface area contributed by atoms with Crippen molar-refractivity contribution in [1.29, 1.82) is 5.26 Å². The second-order valence-electron chi connectivity index (χ2n) is 11.3. The van der Waals surface area contributed by atoms with Crippen molar-refractivity contribution in [1.82, 2.24) is 14.5 Å². The standard InChI is InChI=1S/C33H32F3N5O/c1-19(2)41-18-28(33(34,35)36)40-32(41)22-12-10-20(11-13-22)17-38-30-24-7-4-8-26(24)39-31(25(30)16-37)29-23(21-14-15-21)6-5-9-27(29)42-3/h5-6,9-13,18-19,21H,4,7-8,14-15,17H2,1-3H3,(H,38,39). The van der Waals surface area contributed by atoms with Gasteiger partial charge >= 0.3 is 6.18 Å². The van der Waals surface area contributed by atoms with Crippen LogP contribution in [0.5, 0.6) is 5.75 Å². The van der Waals surface area contributed by atoms with Gasteiger partial charge in [0.15, 0.2) is 5.69 Å². The van der Waals surface area contributed by atoms with Crippen molar-refractivity contribution >= 4 is 5.69 Å². The molecular formula is C33H32F3N5O. The number of anilines is 1. The minimum Gasteiger partial charge on any atom is -0.496 e. The molecule has 42 heavy (non-hydrogen) atoms. The number of halogens is 3. The average Bonchev–Trinajstić information content (AvgIpc) is 3.52. The van der Waals surface area contributed by atoms with Crippen molar-refractivity contribution in [2.45, 2.75) is 70.6 Å². The Hall–Kier alpha value is -4.32. The van der Waals surface area contributed by atoms with Crippen LogP contribution in [-0.2, 0) is 25.6 Å². The summed E-state index contributed by atoms with van der Waals surface area (Å²) in [5.74, 6) is 1.45. The first-order chi connectivity index (χ1) is 20.2. The fraction of sp³-hybridized carbons (Fsp3) is 0.364. The van der Waals surface area contributed by atoms with Gasteiger partial charge in [-0.05, 0) is 74.6 Å². The summed E-state index contributed by atoms with van der Waals surface area (Å²) in [5, 5.41) is 14.0. The van der Waals surface area contributed by atoms with Crippen molar-refractivity contribution in [3.63, 3.8) is 0 Å². The molecule has 1 saturated carbocycles. The highest BCUT2D eigenvalue weighted by molar-refractivity contribution is 5.83. The van der Waals surface area contributed by atoms with Crippen LogP contribution in [-0.4, -0.2) is 21.6 Å². The molecule has 2 aliphatic rings. The molecule has 0 unspecified atom stereocenters. The lowest BCUT2D eigenvalue weighted by Crippen LogP contribution is -2.09. The van der Waals surface area contributed by atoms with Crippen LogP contribution in [0.3, 0.4) is 0 Å². The predicted octanol–water partition coefficient (Wildman–Crippen LogP) is 8.07. The summed E-state index contributed by atoms with van der Waals surface area (Å²) in [5.41, 5.74) is 6.78. The molecule has 2 aromatic heterocycles. The van der Waals surface area contributed by atoms with Crippen molar-refractivity contribution < 1.29 is 17.9 Å². The number of nitriles is 1. The molecule has 1 fully saturated rings. The number of imidazole rings is 1. The second-order valence-corrected chi connectivity index (χ2v) is 11.3. The van der Waals surface area contributed by atoms with Crippen molar-refractivity contribution in [2.24, 2.45) is 0 Å². The highest BCUT2D eigenvalue weighted by atomic mass is 19.4. The lowest BCUT2D eigenvalue weighted by atomic mass is 9.94. The van der Waals surface area contributed by atoms with Gasteiger partial charge in [-0.25, -0.2) is 4.98 Å². The quantitative estimate of drug-likeness (QED) is 0.231. The first-order valence-electron chi connectivity index (χ1n) is 14.3.